The fraction of sp³-hybridized carbons (Fsp3) is 0.706. The standard InChI is InChI=1S/C17H28N2OS.ClH/c1-2-3-10-17(20)18-14-15(16-9-8-13-21-16)19-11-6-4-5-7-12-19;/h8-9,13,15H,2-7,10-12,14H2,1H3,(H,18,20);1H. The molecule has 1 saturated heterocycles. The minimum atomic E-state index is 0. The summed E-state index contributed by atoms with van der Waals surface area (Å²) in [7, 11) is 0. The van der Waals surface area contributed by atoms with Crippen molar-refractivity contribution in [3.8, 4) is 0 Å². The molecular formula is C17H29ClN2OS. The van der Waals surface area contributed by atoms with Gasteiger partial charge in [0.25, 0.3) is 0 Å². The maximum absolute atomic E-state index is 11.9. The van der Waals surface area contributed by atoms with Gasteiger partial charge in [0.2, 0.25) is 5.91 Å². The van der Waals surface area contributed by atoms with Gasteiger partial charge in [-0.15, -0.1) is 23.7 Å². The smallest absolute Gasteiger partial charge is 0.220 e. The molecule has 1 aromatic rings. The van der Waals surface area contributed by atoms with E-state index in [0.29, 0.717) is 12.5 Å². The SMILES string of the molecule is CCCCC(=O)NCC(c1cccs1)N1CCCCCC1.Cl. The second kappa shape index (κ2) is 11.0. The van der Waals surface area contributed by atoms with Crippen LogP contribution in [0.5, 0.6) is 0 Å². The van der Waals surface area contributed by atoms with Crippen molar-refractivity contribution in [1.82, 2.24) is 10.2 Å². The molecule has 1 atom stereocenters. The topological polar surface area (TPSA) is 32.3 Å². The van der Waals surface area contributed by atoms with Gasteiger partial charge < -0.3 is 5.32 Å². The molecule has 1 aromatic heterocycles. The van der Waals surface area contributed by atoms with Gasteiger partial charge in [-0.1, -0.05) is 32.3 Å². The molecule has 5 heteroatoms. The molecule has 1 aliphatic rings. The van der Waals surface area contributed by atoms with Gasteiger partial charge in [0, 0.05) is 17.8 Å². The molecule has 1 unspecified atom stereocenters. The highest BCUT2D eigenvalue weighted by Gasteiger charge is 2.22. The number of nitrogens with one attached hydrogen (secondary N) is 1. The molecule has 0 aromatic carbocycles. The number of halogens is 1. The van der Waals surface area contributed by atoms with Crippen LogP contribution in [0.4, 0.5) is 0 Å². The van der Waals surface area contributed by atoms with E-state index >= 15 is 0 Å². The van der Waals surface area contributed by atoms with Crippen molar-refractivity contribution in [3.63, 3.8) is 0 Å². The van der Waals surface area contributed by atoms with E-state index in [2.05, 4.69) is 34.7 Å². The van der Waals surface area contributed by atoms with Gasteiger partial charge in [-0.3, -0.25) is 9.69 Å². The maximum Gasteiger partial charge on any atom is 0.220 e. The van der Waals surface area contributed by atoms with E-state index in [0.717, 1.165) is 32.5 Å². The second-order valence-corrected chi connectivity index (χ2v) is 6.87. The zero-order valence-corrected chi connectivity index (χ0v) is 15.2. The predicted octanol–water partition coefficient (Wildman–Crippen LogP) is 4.39. The van der Waals surface area contributed by atoms with Crippen LogP contribution >= 0.6 is 23.7 Å². The van der Waals surface area contributed by atoms with Gasteiger partial charge in [0.15, 0.2) is 0 Å². The van der Waals surface area contributed by atoms with Crippen LogP contribution in [0, 0.1) is 0 Å². The Balaban J connectivity index is 0.00000242. The number of thiophene rings is 1. The molecule has 1 N–H and O–H groups in total. The third-order valence-corrected chi connectivity index (χ3v) is 5.18. The van der Waals surface area contributed by atoms with Gasteiger partial charge in [-0.25, -0.2) is 0 Å². The molecular weight excluding hydrogens is 316 g/mol. The summed E-state index contributed by atoms with van der Waals surface area (Å²) in [6.45, 7) is 5.20. The summed E-state index contributed by atoms with van der Waals surface area (Å²) in [6, 6.07) is 4.68. The lowest BCUT2D eigenvalue weighted by Crippen LogP contribution is -2.38. The van der Waals surface area contributed by atoms with Crippen LogP contribution in [-0.4, -0.2) is 30.4 Å². The number of hydrogen-bond acceptors (Lipinski definition) is 3. The maximum atomic E-state index is 11.9. The van der Waals surface area contributed by atoms with E-state index in [1.807, 2.05) is 11.3 Å². The molecule has 0 saturated carbocycles. The fourth-order valence-electron chi connectivity index (χ4n) is 2.93. The molecule has 1 amide bonds. The molecule has 0 bridgehead atoms. The number of nitrogens with zero attached hydrogens (tertiary/aromatic N) is 1. The van der Waals surface area contributed by atoms with Crippen LogP contribution in [0.1, 0.15) is 62.8 Å². The van der Waals surface area contributed by atoms with E-state index in [9.17, 15) is 4.79 Å². The van der Waals surface area contributed by atoms with Crippen molar-refractivity contribution in [1.29, 1.82) is 0 Å². The first kappa shape index (κ1) is 19.5. The zero-order valence-electron chi connectivity index (χ0n) is 13.6. The third-order valence-electron chi connectivity index (χ3n) is 4.20. The van der Waals surface area contributed by atoms with E-state index in [1.54, 1.807) is 0 Å². The first-order valence-corrected chi connectivity index (χ1v) is 9.23. The highest BCUT2D eigenvalue weighted by atomic mass is 35.5. The summed E-state index contributed by atoms with van der Waals surface area (Å²) in [4.78, 5) is 15.9. The molecule has 2 heterocycles. The van der Waals surface area contributed by atoms with Crippen molar-refractivity contribution in [3.05, 3.63) is 22.4 Å². The van der Waals surface area contributed by atoms with Gasteiger partial charge in [0.1, 0.15) is 0 Å². The Kier molecular flexibility index (Phi) is 9.76. The molecule has 3 nitrogen and oxygen atoms in total. The quantitative estimate of drug-likeness (QED) is 0.795. The third kappa shape index (κ3) is 6.27. The fourth-order valence-corrected chi connectivity index (χ4v) is 3.79. The van der Waals surface area contributed by atoms with Gasteiger partial charge in [0.05, 0.1) is 6.04 Å². The molecule has 1 aliphatic heterocycles. The number of unbranched alkanes of at least 4 members (excludes halogenated alkanes) is 1. The van der Waals surface area contributed by atoms with Crippen molar-refractivity contribution >= 4 is 29.7 Å². The predicted molar refractivity (Wildman–Crippen MR) is 96.9 cm³/mol. The number of carbonyl (C=O) groups is 1. The van der Waals surface area contributed by atoms with Crippen LogP contribution in [0.15, 0.2) is 17.5 Å². The number of hydrogen-bond donors (Lipinski definition) is 1. The van der Waals surface area contributed by atoms with Crippen LogP contribution in [0.2, 0.25) is 0 Å². The molecule has 1 fully saturated rings. The number of carbonyl (C=O) groups excluding carboxylic acids is 1. The monoisotopic (exact) mass is 344 g/mol. The van der Waals surface area contributed by atoms with E-state index in [4.69, 9.17) is 0 Å². The average Bonchev–Trinajstić information content (AvgIpc) is 2.88. The molecule has 22 heavy (non-hydrogen) atoms. The zero-order chi connectivity index (χ0) is 14.9. The number of rotatable bonds is 7. The Bertz CT molecular complexity index is 403. The summed E-state index contributed by atoms with van der Waals surface area (Å²) in [5, 5.41) is 5.29. The largest absolute Gasteiger partial charge is 0.354 e. The minimum absolute atomic E-state index is 0. The number of likely N-dealkylation sites (tertiary alicyclic amines) is 1. The summed E-state index contributed by atoms with van der Waals surface area (Å²) >= 11 is 1.81. The lowest BCUT2D eigenvalue weighted by Gasteiger charge is -2.30. The summed E-state index contributed by atoms with van der Waals surface area (Å²) in [5.74, 6) is 0.202. The van der Waals surface area contributed by atoms with E-state index in [1.165, 1.54) is 30.6 Å². The van der Waals surface area contributed by atoms with Crippen LogP contribution < -0.4 is 5.32 Å². The highest BCUT2D eigenvalue weighted by Crippen LogP contribution is 2.27. The molecule has 0 aliphatic carbocycles. The van der Waals surface area contributed by atoms with Crippen molar-refractivity contribution in [2.24, 2.45) is 0 Å². The lowest BCUT2D eigenvalue weighted by molar-refractivity contribution is -0.121. The van der Waals surface area contributed by atoms with Crippen LogP contribution in [0.25, 0.3) is 0 Å². The Morgan fingerprint density at radius 2 is 2.05 bits per heavy atom. The molecule has 0 radical (unpaired) electrons. The molecule has 126 valence electrons. The summed E-state index contributed by atoms with van der Waals surface area (Å²) in [6.07, 6.45) is 7.98. The van der Waals surface area contributed by atoms with Crippen molar-refractivity contribution in [2.75, 3.05) is 19.6 Å². The van der Waals surface area contributed by atoms with Crippen molar-refractivity contribution < 1.29 is 4.79 Å². The Labute approximate surface area is 144 Å². The second-order valence-electron chi connectivity index (χ2n) is 5.89. The first-order chi connectivity index (χ1) is 10.3. The Morgan fingerprint density at radius 1 is 1.32 bits per heavy atom. The molecule has 2 rings (SSSR count). The average molecular weight is 345 g/mol. The normalized spacial score (nSPS) is 17.3. The van der Waals surface area contributed by atoms with Gasteiger partial charge in [-0.05, 0) is 43.8 Å². The van der Waals surface area contributed by atoms with Crippen LogP contribution in [0.3, 0.4) is 0 Å². The first-order valence-electron chi connectivity index (χ1n) is 8.35. The number of amides is 1. The van der Waals surface area contributed by atoms with Gasteiger partial charge >= 0.3 is 0 Å². The van der Waals surface area contributed by atoms with E-state index < -0.39 is 0 Å². The minimum Gasteiger partial charge on any atom is -0.354 e. The Hall–Kier alpha value is -0.580. The van der Waals surface area contributed by atoms with Crippen LogP contribution in [-0.2, 0) is 4.79 Å². The summed E-state index contributed by atoms with van der Waals surface area (Å²) in [5.41, 5.74) is 0. The Morgan fingerprint density at radius 3 is 2.64 bits per heavy atom. The van der Waals surface area contributed by atoms with E-state index in [-0.39, 0.29) is 18.3 Å². The molecule has 0 spiro atoms. The van der Waals surface area contributed by atoms with Crippen molar-refractivity contribution in [2.45, 2.75) is 57.9 Å². The summed E-state index contributed by atoms with van der Waals surface area (Å²) < 4.78 is 0. The lowest BCUT2D eigenvalue weighted by atomic mass is 10.1. The highest BCUT2D eigenvalue weighted by molar-refractivity contribution is 7.10. The van der Waals surface area contributed by atoms with Gasteiger partial charge in [-0.2, -0.15) is 0 Å².